The predicted molar refractivity (Wildman–Crippen MR) is 83.5 cm³/mol. The molecule has 2 rings (SSSR count). The standard InChI is InChI=1S/C17H17ClO3/c1-17(21,16(19)20)11-10-12-6-8-13(9-7-12)14-4-2-3-5-15(14)18/h2-9,21H,10-11H2,1H3,(H,19,20). The Morgan fingerprint density at radius 1 is 1.14 bits per heavy atom. The molecule has 1 atom stereocenters. The van der Waals surface area contributed by atoms with Crippen LogP contribution in [0.3, 0.4) is 0 Å². The lowest BCUT2D eigenvalue weighted by Gasteiger charge is -2.17. The summed E-state index contributed by atoms with van der Waals surface area (Å²) in [5, 5.41) is 19.3. The fraction of sp³-hybridized carbons (Fsp3) is 0.235. The Labute approximate surface area is 128 Å². The monoisotopic (exact) mass is 304 g/mol. The molecule has 0 aliphatic heterocycles. The zero-order valence-electron chi connectivity index (χ0n) is 11.7. The van der Waals surface area contributed by atoms with Crippen molar-refractivity contribution in [2.45, 2.75) is 25.4 Å². The Kier molecular flexibility index (Phi) is 4.66. The molecule has 0 fully saturated rings. The van der Waals surface area contributed by atoms with Gasteiger partial charge in [-0.05, 0) is 37.0 Å². The topological polar surface area (TPSA) is 57.5 Å². The van der Waals surface area contributed by atoms with Crippen LogP contribution in [-0.2, 0) is 11.2 Å². The SMILES string of the molecule is CC(O)(CCc1ccc(-c2ccccc2Cl)cc1)C(=O)O. The van der Waals surface area contributed by atoms with Gasteiger partial charge in [0.15, 0.2) is 5.60 Å². The van der Waals surface area contributed by atoms with Crippen LogP contribution >= 0.6 is 11.6 Å². The first-order valence-electron chi connectivity index (χ1n) is 6.70. The van der Waals surface area contributed by atoms with Gasteiger partial charge in [-0.15, -0.1) is 0 Å². The Balaban J connectivity index is 2.10. The molecule has 0 aliphatic carbocycles. The molecule has 2 N–H and O–H groups in total. The number of aliphatic carboxylic acids is 1. The molecule has 1 unspecified atom stereocenters. The van der Waals surface area contributed by atoms with Crippen LogP contribution in [0, 0.1) is 0 Å². The third-order valence-corrected chi connectivity index (χ3v) is 3.83. The molecule has 0 bridgehead atoms. The molecule has 0 spiro atoms. The van der Waals surface area contributed by atoms with Crippen LogP contribution in [0.25, 0.3) is 11.1 Å². The van der Waals surface area contributed by atoms with Gasteiger partial charge in [0.05, 0.1) is 0 Å². The van der Waals surface area contributed by atoms with E-state index in [1.54, 1.807) is 0 Å². The second-order valence-electron chi connectivity index (χ2n) is 5.26. The largest absolute Gasteiger partial charge is 0.479 e. The zero-order chi connectivity index (χ0) is 15.5. The van der Waals surface area contributed by atoms with Gasteiger partial charge in [0.25, 0.3) is 0 Å². The summed E-state index contributed by atoms with van der Waals surface area (Å²) in [6.07, 6.45) is 0.676. The van der Waals surface area contributed by atoms with E-state index in [-0.39, 0.29) is 6.42 Å². The number of carboxylic acids is 1. The molecule has 110 valence electrons. The van der Waals surface area contributed by atoms with Crippen molar-refractivity contribution in [3.05, 3.63) is 59.1 Å². The molecule has 0 amide bonds. The van der Waals surface area contributed by atoms with Crippen molar-refractivity contribution >= 4 is 17.6 Å². The first kappa shape index (κ1) is 15.5. The molecule has 0 aliphatic rings. The molecule has 21 heavy (non-hydrogen) atoms. The molecule has 2 aromatic rings. The lowest BCUT2D eigenvalue weighted by Crippen LogP contribution is -2.35. The van der Waals surface area contributed by atoms with Crippen LogP contribution in [-0.4, -0.2) is 21.8 Å². The highest BCUT2D eigenvalue weighted by Crippen LogP contribution is 2.28. The van der Waals surface area contributed by atoms with E-state index in [9.17, 15) is 9.90 Å². The number of benzene rings is 2. The van der Waals surface area contributed by atoms with Crippen LogP contribution in [0.2, 0.25) is 5.02 Å². The number of carbonyl (C=O) groups is 1. The lowest BCUT2D eigenvalue weighted by atomic mass is 9.96. The van der Waals surface area contributed by atoms with Gasteiger partial charge in [-0.3, -0.25) is 0 Å². The van der Waals surface area contributed by atoms with Gasteiger partial charge >= 0.3 is 5.97 Å². The van der Waals surface area contributed by atoms with Crippen molar-refractivity contribution in [3.8, 4) is 11.1 Å². The number of aryl methyl sites for hydroxylation is 1. The highest BCUT2D eigenvalue weighted by atomic mass is 35.5. The number of aliphatic hydroxyl groups is 1. The Morgan fingerprint density at radius 2 is 1.76 bits per heavy atom. The van der Waals surface area contributed by atoms with E-state index in [1.165, 1.54) is 6.92 Å². The number of hydrogen-bond acceptors (Lipinski definition) is 2. The van der Waals surface area contributed by atoms with E-state index in [1.807, 2.05) is 48.5 Å². The number of carboxylic acid groups (broad SMARTS) is 1. The third kappa shape index (κ3) is 3.84. The van der Waals surface area contributed by atoms with E-state index >= 15 is 0 Å². The summed E-state index contributed by atoms with van der Waals surface area (Å²) in [7, 11) is 0. The number of halogens is 1. The Morgan fingerprint density at radius 3 is 2.33 bits per heavy atom. The fourth-order valence-electron chi connectivity index (χ4n) is 2.04. The summed E-state index contributed by atoms with van der Waals surface area (Å²) in [5.41, 5.74) is 1.26. The molecule has 4 heteroatoms. The summed E-state index contributed by atoms with van der Waals surface area (Å²) in [4.78, 5) is 10.9. The highest BCUT2D eigenvalue weighted by Gasteiger charge is 2.29. The molecule has 0 saturated carbocycles. The summed E-state index contributed by atoms with van der Waals surface area (Å²) < 4.78 is 0. The first-order valence-corrected chi connectivity index (χ1v) is 7.07. The van der Waals surface area contributed by atoms with Gasteiger partial charge in [-0.2, -0.15) is 0 Å². The van der Waals surface area contributed by atoms with Gasteiger partial charge in [0, 0.05) is 10.6 Å². The number of rotatable bonds is 5. The van der Waals surface area contributed by atoms with Crippen molar-refractivity contribution in [2.75, 3.05) is 0 Å². The van der Waals surface area contributed by atoms with Crippen molar-refractivity contribution in [2.24, 2.45) is 0 Å². The van der Waals surface area contributed by atoms with E-state index in [0.717, 1.165) is 16.7 Å². The van der Waals surface area contributed by atoms with Crippen LogP contribution in [0.15, 0.2) is 48.5 Å². The summed E-state index contributed by atoms with van der Waals surface area (Å²) in [5.74, 6) is -1.20. The second-order valence-corrected chi connectivity index (χ2v) is 5.66. The number of hydrogen-bond donors (Lipinski definition) is 2. The average molecular weight is 305 g/mol. The Bertz CT molecular complexity index is 633. The van der Waals surface area contributed by atoms with E-state index in [4.69, 9.17) is 16.7 Å². The Hall–Kier alpha value is -1.84. The van der Waals surface area contributed by atoms with Crippen LogP contribution in [0.5, 0.6) is 0 Å². The first-order chi connectivity index (χ1) is 9.90. The maximum atomic E-state index is 10.9. The molecular weight excluding hydrogens is 288 g/mol. The van der Waals surface area contributed by atoms with Crippen LogP contribution < -0.4 is 0 Å². The molecule has 2 aromatic carbocycles. The minimum atomic E-state index is -1.69. The maximum Gasteiger partial charge on any atom is 0.335 e. The van der Waals surface area contributed by atoms with Gasteiger partial charge < -0.3 is 10.2 Å². The van der Waals surface area contributed by atoms with Crippen molar-refractivity contribution in [1.82, 2.24) is 0 Å². The van der Waals surface area contributed by atoms with Crippen LogP contribution in [0.4, 0.5) is 0 Å². The van der Waals surface area contributed by atoms with Crippen molar-refractivity contribution in [1.29, 1.82) is 0 Å². The third-order valence-electron chi connectivity index (χ3n) is 3.50. The molecular formula is C17H17ClO3. The predicted octanol–water partition coefficient (Wildman–Crippen LogP) is 3.78. The van der Waals surface area contributed by atoms with E-state index in [0.29, 0.717) is 11.4 Å². The zero-order valence-corrected chi connectivity index (χ0v) is 12.5. The smallest absolute Gasteiger partial charge is 0.335 e. The summed E-state index contributed by atoms with van der Waals surface area (Å²) >= 11 is 6.16. The fourth-order valence-corrected chi connectivity index (χ4v) is 2.29. The normalized spacial score (nSPS) is 13.7. The van der Waals surface area contributed by atoms with Crippen molar-refractivity contribution < 1.29 is 15.0 Å². The van der Waals surface area contributed by atoms with Gasteiger partial charge in [-0.1, -0.05) is 54.1 Å². The van der Waals surface area contributed by atoms with Crippen LogP contribution in [0.1, 0.15) is 18.9 Å². The molecule has 0 saturated heterocycles. The second kappa shape index (κ2) is 6.29. The van der Waals surface area contributed by atoms with Gasteiger partial charge in [0.1, 0.15) is 0 Å². The molecule has 3 nitrogen and oxygen atoms in total. The molecule has 0 heterocycles. The van der Waals surface area contributed by atoms with Gasteiger partial charge in [0.2, 0.25) is 0 Å². The summed E-state index contributed by atoms with van der Waals surface area (Å²) in [6.45, 7) is 1.31. The lowest BCUT2D eigenvalue weighted by molar-refractivity contribution is -0.157. The molecule has 0 aromatic heterocycles. The highest BCUT2D eigenvalue weighted by molar-refractivity contribution is 6.33. The van der Waals surface area contributed by atoms with Gasteiger partial charge in [-0.25, -0.2) is 4.79 Å². The molecule has 0 radical (unpaired) electrons. The van der Waals surface area contributed by atoms with E-state index in [2.05, 4.69) is 0 Å². The van der Waals surface area contributed by atoms with E-state index < -0.39 is 11.6 Å². The summed E-state index contributed by atoms with van der Waals surface area (Å²) in [6, 6.07) is 15.4. The maximum absolute atomic E-state index is 10.9. The van der Waals surface area contributed by atoms with Crippen molar-refractivity contribution in [3.63, 3.8) is 0 Å². The minimum absolute atomic E-state index is 0.174. The quantitative estimate of drug-likeness (QED) is 0.884. The average Bonchev–Trinajstić information content (AvgIpc) is 2.46. The minimum Gasteiger partial charge on any atom is -0.479 e.